The minimum Gasteiger partial charge on any atom is -0.309 e. The first kappa shape index (κ1) is 37.4. The van der Waals surface area contributed by atoms with E-state index in [0.29, 0.717) is 0 Å². The Balaban J connectivity index is 0.942. The summed E-state index contributed by atoms with van der Waals surface area (Å²) in [4.78, 5) is 0. The molecule has 0 radical (unpaired) electrons. The topological polar surface area (TPSA) is 9.86 Å². The summed E-state index contributed by atoms with van der Waals surface area (Å²) in [6.45, 7) is 4.57. The van der Waals surface area contributed by atoms with E-state index in [9.17, 15) is 0 Å². The van der Waals surface area contributed by atoms with Gasteiger partial charge in [-0.15, -0.1) is 0 Å². The normalized spacial score (nSPS) is 12.9. The maximum atomic E-state index is 2.49. The summed E-state index contributed by atoms with van der Waals surface area (Å²) in [5.74, 6) is 0. The number of benzene rings is 10. The van der Waals surface area contributed by atoms with Crippen molar-refractivity contribution in [2.24, 2.45) is 0 Å². The number of fused-ring (bicyclic) bond motifs is 9. The Morgan fingerprint density at radius 3 is 1.34 bits per heavy atom. The van der Waals surface area contributed by atoms with E-state index in [1.54, 1.807) is 0 Å². The Kier molecular flexibility index (Phi) is 8.29. The molecule has 2 aromatic heterocycles. The van der Waals surface area contributed by atoms with Gasteiger partial charge in [-0.05, 0) is 147 Å². The van der Waals surface area contributed by atoms with Gasteiger partial charge < -0.3 is 9.13 Å². The first-order chi connectivity index (χ1) is 32.1. The van der Waals surface area contributed by atoms with Crippen molar-refractivity contribution in [3.05, 3.63) is 264 Å². The molecule has 0 saturated carbocycles. The van der Waals surface area contributed by atoms with Crippen molar-refractivity contribution in [2.75, 3.05) is 0 Å². The third-order valence-electron chi connectivity index (χ3n) is 14.2. The van der Waals surface area contributed by atoms with Crippen molar-refractivity contribution in [1.82, 2.24) is 9.13 Å². The minimum absolute atomic E-state index is 0.444. The highest BCUT2D eigenvalue weighted by molar-refractivity contribution is 6.12. The van der Waals surface area contributed by atoms with Gasteiger partial charge in [-0.3, -0.25) is 0 Å². The molecule has 0 aliphatic heterocycles. The van der Waals surface area contributed by atoms with E-state index in [1.165, 1.54) is 122 Å². The minimum atomic E-state index is -0.444. The zero-order valence-electron chi connectivity index (χ0n) is 36.3. The van der Waals surface area contributed by atoms with Gasteiger partial charge in [0.15, 0.2) is 0 Å². The molecule has 0 spiro atoms. The summed E-state index contributed by atoms with van der Waals surface area (Å²) in [5, 5.41) is 5.02. The van der Waals surface area contributed by atoms with Crippen LogP contribution in [0.1, 0.15) is 33.4 Å². The van der Waals surface area contributed by atoms with Gasteiger partial charge in [0, 0.05) is 32.9 Å². The van der Waals surface area contributed by atoms with Gasteiger partial charge in [-0.2, -0.15) is 0 Å². The highest BCUT2D eigenvalue weighted by atomic mass is 15.0. The average Bonchev–Trinajstić information content (AvgIpc) is 3.98. The molecule has 2 nitrogen and oxygen atoms in total. The summed E-state index contributed by atoms with van der Waals surface area (Å²) in [6.07, 6.45) is 0. The third-order valence-corrected chi connectivity index (χ3v) is 14.2. The molecule has 0 unspecified atom stereocenters. The second-order valence-corrected chi connectivity index (χ2v) is 17.7. The van der Waals surface area contributed by atoms with E-state index < -0.39 is 5.41 Å². The Bertz CT molecular complexity index is 3770. The maximum absolute atomic E-state index is 2.49. The predicted molar refractivity (Wildman–Crippen MR) is 273 cm³/mol. The van der Waals surface area contributed by atoms with E-state index in [-0.39, 0.29) is 0 Å². The molecular formula is C63H44N2. The zero-order chi connectivity index (χ0) is 43.2. The number of hydrogen-bond donors (Lipinski definition) is 0. The second-order valence-electron chi connectivity index (χ2n) is 17.7. The molecule has 0 amide bonds. The van der Waals surface area contributed by atoms with Crippen LogP contribution in [0.15, 0.2) is 231 Å². The van der Waals surface area contributed by atoms with E-state index in [2.05, 4.69) is 254 Å². The van der Waals surface area contributed by atoms with Crippen LogP contribution in [0.25, 0.3) is 88.4 Å². The largest absolute Gasteiger partial charge is 0.309 e. The third kappa shape index (κ3) is 5.47. The molecule has 10 aromatic carbocycles. The van der Waals surface area contributed by atoms with Gasteiger partial charge in [-0.1, -0.05) is 164 Å². The fraction of sp³-hybridized carbons (Fsp3) is 0.0476. The van der Waals surface area contributed by atoms with Crippen molar-refractivity contribution in [3.63, 3.8) is 0 Å². The van der Waals surface area contributed by atoms with E-state index in [0.717, 1.165) is 0 Å². The molecule has 65 heavy (non-hydrogen) atoms. The van der Waals surface area contributed by atoms with Crippen LogP contribution < -0.4 is 0 Å². The van der Waals surface area contributed by atoms with Gasteiger partial charge in [0.05, 0.1) is 27.5 Å². The lowest BCUT2D eigenvalue weighted by Crippen LogP contribution is -2.28. The van der Waals surface area contributed by atoms with Crippen LogP contribution >= 0.6 is 0 Å². The lowest BCUT2D eigenvalue weighted by Gasteiger charge is -2.34. The fourth-order valence-corrected chi connectivity index (χ4v) is 11.6. The number of hydrogen-bond acceptors (Lipinski definition) is 0. The number of aromatic nitrogens is 2. The number of aryl methyl sites for hydroxylation is 2. The zero-order valence-corrected chi connectivity index (χ0v) is 36.3. The SMILES string of the molecule is Cc1cc(-n2c3ccccc3c3cc(-c4ccc5c(c4)c4ccccc4n5-c4ccccc4)ccc32)cc(C)c1-c1ccc2c(c1)C(c1ccccc1)(c1ccccc1)c1ccccc1-2. The van der Waals surface area contributed by atoms with Crippen LogP contribution in [0.2, 0.25) is 0 Å². The lowest BCUT2D eigenvalue weighted by atomic mass is 9.67. The molecule has 306 valence electrons. The molecule has 1 aliphatic rings. The van der Waals surface area contributed by atoms with Crippen molar-refractivity contribution in [1.29, 1.82) is 0 Å². The van der Waals surface area contributed by atoms with Crippen LogP contribution in [-0.4, -0.2) is 9.13 Å². The summed E-state index contributed by atoms with van der Waals surface area (Å²) < 4.78 is 4.84. The smallest absolute Gasteiger partial charge is 0.0713 e. The Labute approximate surface area is 378 Å². The second kappa shape index (κ2) is 14.4. The van der Waals surface area contributed by atoms with Crippen molar-refractivity contribution in [3.8, 4) is 44.8 Å². The van der Waals surface area contributed by atoms with Crippen molar-refractivity contribution in [2.45, 2.75) is 19.3 Å². The van der Waals surface area contributed by atoms with Crippen LogP contribution in [0.4, 0.5) is 0 Å². The van der Waals surface area contributed by atoms with Gasteiger partial charge >= 0.3 is 0 Å². The molecule has 0 bridgehead atoms. The lowest BCUT2D eigenvalue weighted by molar-refractivity contribution is 0.769. The first-order valence-electron chi connectivity index (χ1n) is 22.7. The van der Waals surface area contributed by atoms with E-state index in [1.807, 2.05) is 0 Å². The molecule has 0 N–H and O–H groups in total. The van der Waals surface area contributed by atoms with E-state index in [4.69, 9.17) is 0 Å². The molecule has 0 fully saturated rings. The highest BCUT2D eigenvalue weighted by Gasteiger charge is 2.46. The predicted octanol–water partition coefficient (Wildman–Crippen LogP) is 16.2. The molecular weight excluding hydrogens is 785 g/mol. The molecule has 12 aromatic rings. The molecule has 2 heterocycles. The Morgan fingerprint density at radius 2 is 0.754 bits per heavy atom. The summed E-state index contributed by atoms with van der Waals surface area (Å²) in [7, 11) is 0. The molecule has 0 atom stereocenters. The van der Waals surface area contributed by atoms with Gasteiger partial charge in [-0.25, -0.2) is 0 Å². The highest BCUT2D eigenvalue weighted by Crippen LogP contribution is 2.57. The van der Waals surface area contributed by atoms with Crippen molar-refractivity contribution >= 4 is 43.6 Å². The summed E-state index contributed by atoms with van der Waals surface area (Å²) in [6, 6.07) is 85.5. The Morgan fingerprint density at radius 1 is 0.308 bits per heavy atom. The molecule has 1 aliphatic carbocycles. The van der Waals surface area contributed by atoms with Gasteiger partial charge in [0.2, 0.25) is 0 Å². The monoisotopic (exact) mass is 828 g/mol. The molecule has 2 heteroatoms. The van der Waals surface area contributed by atoms with Gasteiger partial charge in [0.1, 0.15) is 0 Å². The van der Waals surface area contributed by atoms with Crippen molar-refractivity contribution < 1.29 is 0 Å². The van der Waals surface area contributed by atoms with Crippen LogP contribution in [0.3, 0.4) is 0 Å². The van der Waals surface area contributed by atoms with Crippen LogP contribution in [-0.2, 0) is 5.41 Å². The molecule has 13 rings (SSSR count). The fourth-order valence-electron chi connectivity index (χ4n) is 11.6. The summed E-state index contributed by atoms with van der Waals surface area (Å²) in [5.41, 5.74) is 22.0. The number of rotatable bonds is 6. The first-order valence-corrected chi connectivity index (χ1v) is 22.7. The van der Waals surface area contributed by atoms with Gasteiger partial charge in [0.25, 0.3) is 0 Å². The van der Waals surface area contributed by atoms with E-state index >= 15 is 0 Å². The quantitative estimate of drug-likeness (QED) is 0.158. The number of para-hydroxylation sites is 3. The maximum Gasteiger partial charge on any atom is 0.0713 e. The van der Waals surface area contributed by atoms with Crippen LogP contribution in [0, 0.1) is 13.8 Å². The average molecular weight is 829 g/mol. The standard InChI is InChI=1S/C63H44N2/c1-41-36-49(37-42(2)62(41)45-30-33-51-50-24-12-15-27-56(50)63(57(51)40-45,46-18-6-3-7-19-46)47-20-8-4-9-21-47)65-59-29-17-14-26-53(59)55-39-44(32-35-61(55)65)43-31-34-60-54(38-43)52-25-13-16-28-58(52)64(60)48-22-10-5-11-23-48/h3-40H,1-2H3. The number of nitrogens with zero attached hydrogens (tertiary/aromatic N) is 2. The molecule has 0 saturated heterocycles. The Hall–Kier alpha value is -8.20. The van der Waals surface area contributed by atoms with Crippen LogP contribution in [0.5, 0.6) is 0 Å². The summed E-state index contributed by atoms with van der Waals surface area (Å²) >= 11 is 0.